The number of hydrogen-bond donors (Lipinski definition) is 0. The molecule has 39 valence electrons. The fraction of sp³-hybridized carbons (Fsp3) is 0.600. The Balaban J connectivity index is 3.79. The molecular formula is C5H11GeSi. The zero-order valence-electron chi connectivity index (χ0n) is 5.21. The van der Waals surface area contributed by atoms with Crippen molar-refractivity contribution in [2.75, 3.05) is 0 Å². The van der Waals surface area contributed by atoms with E-state index in [9.17, 15) is 0 Å². The molecule has 0 atom stereocenters. The van der Waals surface area contributed by atoms with Crippen LogP contribution in [0.25, 0.3) is 0 Å². The second-order valence-electron chi connectivity index (χ2n) is 2.73. The fourth-order valence-corrected chi connectivity index (χ4v) is 0. The van der Waals surface area contributed by atoms with Gasteiger partial charge in [-0.25, -0.2) is 0 Å². The minimum atomic E-state index is -0.929. The van der Waals surface area contributed by atoms with Crippen molar-refractivity contribution in [3.8, 4) is 0 Å². The maximum absolute atomic E-state index is 3.89. The van der Waals surface area contributed by atoms with Crippen molar-refractivity contribution in [2.24, 2.45) is 0 Å². The number of rotatable bonds is 1. The summed E-state index contributed by atoms with van der Waals surface area (Å²) in [5.74, 6) is 0. The van der Waals surface area contributed by atoms with Crippen LogP contribution >= 0.6 is 0 Å². The topological polar surface area (TPSA) is 0 Å². The van der Waals surface area contributed by atoms with Crippen molar-refractivity contribution >= 4 is 24.6 Å². The molecule has 7 heavy (non-hydrogen) atoms. The van der Waals surface area contributed by atoms with Crippen LogP contribution < -0.4 is 0 Å². The van der Waals surface area contributed by atoms with Crippen molar-refractivity contribution in [3.63, 3.8) is 0 Å². The van der Waals surface area contributed by atoms with Gasteiger partial charge in [0.15, 0.2) is 0 Å². The fourth-order valence-electron chi connectivity index (χ4n) is 0. The van der Waals surface area contributed by atoms with Crippen LogP contribution in [0.1, 0.15) is 0 Å². The Bertz CT molecular complexity index is 80.6. The van der Waals surface area contributed by atoms with E-state index < -0.39 is 8.07 Å². The van der Waals surface area contributed by atoms with Gasteiger partial charge in [0.25, 0.3) is 0 Å². The van der Waals surface area contributed by atoms with E-state index in [4.69, 9.17) is 0 Å². The molecule has 0 amide bonds. The molecule has 0 saturated heterocycles. The summed E-state index contributed by atoms with van der Waals surface area (Å²) in [5.41, 5.74) is 0. The third-order valence-electron chi connectivity index (χ3n) is 0.905. The van der Waals surface area contributed by atoms with Gasteiger partial charge in [-0.1, -0.05) is 0 Å². The molecule has 0 aliphatic heterocycles. The Kier molecular flexibility index (Phi) is 2.33. The van der Waals surface area contributed by atoms with Crippen LogP contribution in [0.4, 0.5) is 0 Å². The van der Waals surface area contributed by atoms with Crippen molar-refractivity contribution in [2.45, 2.75) is 19.6 Å². The molecular weight excluding hydrogens is 161 g/mol. The van der Waals surface area contributed by atoms with E-state index in [-0.39, 0.29) is 0 Å². The van der Waals surface area contributed by atoms with Crippen LogP contribution in [0.5, 0.6) is 0 Å². The summed E-state index contributed by atoms with van der Waals surface area (Å²) in [6.45, 7) is 10.8. The van der Waals surface area contributed by atoms with E-state index in [0.29, 0.717) is 0 Å². The predicted octanol–water partition coefficient (Wildman–Crippen LogP) is 1.55. The molecule has 0 heterocycles. The van der Waals surface area contributed by atoms with Gasteiger partial charge in [-0.15, -0.1) is 0 Å². The van der Waals surface area contributed by atoms with Gasteiger partial charge < -0.3 is 0 Å². The van der Waals surface area contributed by atoms with E-state index >= 15 is 0 Å². The molecule has 3 radical (unpaired) electrons. The second kappa shape index (κ2) is 2.18. The van der Waals surface area contributed by atoms with Crippen molar-refractivity contribution in [3.05, 3.63) is 10.6 Å². The third kappa shape index (κ3) is 3.12. The van der Waals surface area contributed by atoms with Crippen LogP contribution in [0, 0.1) is 0 Å². The quantitative estimate of drug-likeness (QED) is 0.526. The third-order valence-corrected chi connectivity index (χ3v) is 7.44. The monoisotopic (exact) mass is 173 g/mol. The average Bonchev–Trinajstić information content (AvgIpc) is 1.31. The van der Waals surface area contributed by atoms with Gasteiger partial charge in [0.2, 0.25) is 0 Å². The summed E-state index contributed by atoms with van der Waals surface area (Å²) < 4.78 is 1.38. The summed E-state index contributed by atoms with van der Waals surface area (Å²) >= 11 is 2.12. The van der Waals surface area contributed by atoms with E-state index in [2.05, 4.69) is 42.7 Å². The van der Waals surface area contributed by atoms with Crippen molar-refractivity contribution in [1.29, 1.82) is 0 Å². The molecule has 0 bridgehead atoms. The van der Waals surface area contributed by atoms with Gasteiger partial charge in [-0.3, -0.25) is 0 Å². The average molecular weight is 172 g/mol. The van der Waals surface area contributed by atoms with Crippen LogP contribution in [0.15, 0.2) is 10.6 Å². The molecule has 0 saturated carbocycles. The normalized spacial score (nSPS) is 11.4. The number of hydrogen-bond acceptors (Lipinski definition) is 0. The van der Waals surface area contributed by atoms with Crippen molar-refractivity contribution in [1.82, 2.24) is 0 Å². The van der Waals surface area contributed by atoms with E-state index in [1.807, 2.05) is 0 Å². The Labute approximate surface area is 55.2 Å². The van der Waals surface area contributed by atoms with Gasteiger partial charge in [0.1, 0.15) is 0 Å². The second-order valence-corrected chi connectivity index (χ2v) is 10.1. The summed E-state index contributed by atoms with van der Waals surface area (Å²) in [4.78, 5) is 0. The van der Waals surface area contributed by atoms with Crippen LogP contribution in [-0.2, 0) is 0 Å². The molecule has 0 fully saturated rings. The van der Waals surface area contributed by atoms with E-state index in [0.717, 1.165) is 0 Å². The predicted molar refractivity (Wildman–Crippen MR) is 38.2 cm³/mol. The zero-order chi connectivity index (χ0) is 6.08. The van der Waals surface area contributed by atoms with Gasteiger partial charge in [-0.2, -0.15) is 0 Å². The molecule has 0 nitrogen and oxygen atoms in total. The van der Waals surface area contributed by atoms with E-state index in [1.54, 1.807) is 0 Å². The van der Waals surface area contributed by atoms with Crippen LogP contribution in [0.2, 0.25) is 19.6 Å². The van der Waals surface area contributed by atoms with Crippen molar-refractivity contribution < 1.29 is 0 Å². The summed E-state index contributed by atoms with van der Waals surface area (Å²) in [7, 11) is -0.929. The molecule has 0 aromatic rings. The molecule has 0 spiro atoms. The molecule has 0 rings (SSSR count). The van der Waals surface area contributed by atoms with Crippen LogP contribution in [0.3, 0.4) is 0 Å². The Morgan fingerprint density at radius 2 is 1.57 bits per heavy atom. The summed E-state index contributed by atoms with van der Waals surface area (Å²) in [5, 5.41) is 0. The first-order valence-corrected chi connectivity index (χ1v) is 6.90. The standard InChI is InChI=1S/C5H11GeSi/c1-5(6)7(2,3)4/h1H2,2-4H3. The molecule has 0 aliphatic rings. The van der Waals surface area contributed by atoms with Crippen LogP contribution in [-0.4, -0.2) is 24.6 Å². The first kappa shape index (κ1) is 7.50. The van der Waals surface area contributed by atoms with Gasteiger partial charge in [0, 0.05) is 0 Å². The Hall–Kier alpha value is 0.500. The summed E-state index contributed by atoms with van der Waals surface area (Å²) in [6.07, 6.45) is 0. The first-order valence-electron chi connectivity index (χ1n) is 2.35. The minimum absolute atomic E-state index is 0.929. The Morgan fingerprint density at radius 1 is 1.43 bits per heavy atom. The summed E-state index contributed by atoms with van der Waals surface area (Å²) in [6, 6.07) is 0. The molecule has 0 aliphatic carbocycles. The molecule has 0 N–H and O–H groups in total. The SMILES string of the molecule is C=[C]([Ge])[Si](C)(C)C. The Morgan fingerprint density at radius 3 is 1.57 bits per heavy atom. The maximum atomic E-state index is 3.89. The van der Waals surface area contributed by atoms with Gasteiger partial charge >= 0.3 is 54.8 Å². The van der Waals surface area contributed by atoms with Gasteiger partial charge in [0.05, 0.1) is 0 Å². The van der Waals surface area contributed by atoms with E-state index in [1.165, 1.54) is 4.03 Å². The molecule has 0 aromatic heterocycles. The molecule has 0 aromatic carbocycles. The van der Waals surface area contributed by atoms with Gasteiger partial charge in [-0.05, 0) is 0 Å². The zero-order valence-corrected chi connectivity index (χ0v) is 8.31. The molecule has 0 unspecified atom stereocenters. The first-order chi connectivity index (χ1) is 2.94. The molecule has 2 heteroatoms.